The molecule has 1 heterocycles. The lowest BCUT2D eigenvalue weighted by Gasteiger charge is -2.26. The van der Waals surface area contributed by atoms with Gasteiger partial charge in [-0.2, -0.15) is 13.2 Å². The van der Waals surface area contributed by atoms with Crippen molar-refractivity contribution in [1.82, 2.24) is 5.43 Å². The fourth-order valence-electron chi connectivity index (χ4n) is 2.96. The van der Waals surface area contributed by atoms with E-state index in [0.717, 1.165) is 30.5 Å². The Morgan fingerprint density at radius 3 is 2.52 bits per heavy atom. The van der Waals surface area contributed by atoms with Gasteiger partial charge in [-0.1, -0.05) is 19.1 Å². The number of hydrazine groups is 1. The molecule has 118 valence electrons. The van der Waals surface area contributed by atoms with Crippen molar-refractivity contribution in [3.05, 3.63) is 35.4 Å². The summed E-state index contributed by atoms with van der Waals surface area (Å²) in [5, 5.41) is 0. The summed E-state index contributed by atoms with van der Waals surface area (Å²) in [5.74, 6) is 5.92. The Hall–Kier alpha value is -1.11. The number of ether oxygens (including phenoxy) is 1. The smallest absolute Gasteiger partial charge is 0.378 e. The minimum absolute atomic E-state index is 0.00851. The number of alkyl halides is 3. The first-order valence-electron chi connectivity index (χ1n) is 7.19. The minimum atomic E-state index is -4.29. The van der Waals surface area contributed by atoms with E-state index in [2.05, 4.69) is 12.3 Å². The van der Waals surface area contributed by atoms with Crippen LogP contribution in [0.3, 0.4) is 0 Å². The van der Waals surface area contributed by atoms with Crippen LogP contribution in [0.1, 0.15) is 30.9 Å². The van der Waals surface area contributed by atoms with Crippen molar-refractivity contribution in [3.8, 4) is 0 Å². The summed E-state index contributed by atoms with van der Waals surface area (Å²) >= 11 is 0. The predicted molar refractivity (Wildman–Crippen MR) is 74.4 cm³/mol. The van der Waals surface area contributed by atoms with Gasteiger partial charge in [-0.3, -0.25) is 11.3 Å². The molecule has 6 heteroatoms. The Bertz CT molecular complexity index is 447. The van der Waals surface area contributed by atoms with Gasteiger partial charge < -0.3 is 4.74 Å². The summed E-state index contributed by atoms with van der Waals surface area (Å²) in [6.07, 6.45) is -1.69. The summed E-state index contributed by atoms with van der Waals surface area (Å²) < 4.78 is 43.3. The zero-order chi connectivity index (χ0) is 15.5. The SMILES string of the molecule is CCC1OCCC1C(Cc1ccc(C(F)(F)F)cc1)NN. The topological polar surface area (TPSA) is 47.3 Å². The number of nitrogens with one attached hydrogen (secondary N) is 1. The molecular formula is C15H21F3N2O. The Morgan fingerprint density at radius 2 is 2.00 bits per heavy atom. The van der Waals surface area contributed by atoms with Crippen LogP contribution in [0.5, 0.6) is 0 Å². The number of hydrogen-bond acceptors (Lipinski definition) is 3. The van der Waals surface area contributed by atoms with Gasteiger partial charge in [0.15, 0.2) is 0 Å². The zero-order valence-electron chi connectivity index (χ0n) is 12.0. The third-order valence-corrected chi connectivity index (χ3v) is 4.13. The fraction of sp³-hybridized carbons (Fsp3) is 0.600. The molecule has 1 aromatic carbocycles. The summed E-state index contributed by atoms with van der Waals surface area (Å²) in [7, 11) is 0. The van der Waals surface area contributed by atoms with Gasteiger partial charge in [0.05, 0.1) is 11.7 Å². The maximum atomic E-state index is 12.5. The van der Waals surface area contributed by atoms with Crippen molar-refractivity contribution >= 4 is 0 Å². The van der Waals surface area contributed by atoms with Gasteiger partial charge in [0.2, 0.25) is 0 Å². The van der Waals surface area contributed by atoms with E-state index < -0.39 is 11.7 Å². The van der Waals surface area contributed by atoms with Crippen LogP contribution in [0.25, 0.3) is 0 Å². The molecule has 3 atom stereocenters. The molecule has 0 spiro atoms. The van der Waals surface area contributed by atoms with Crippen molar-refractivity contribution in [2.75, 3.05) is 6.61 Å². The van der Waals surface area contributed by atoms with E-state index >= 15 is 0 Å². The van der Waals surface area contributed by atoms with Crippen LogP contribution in [0.15, 0.2) is 24.3 Å². The van der Waals surface area contributed by atoms with E-state index in [1.54, 1.807) is 0 Å². The zero-order valence-corrected chi connectivity index (χ0v) is 12.0. The van der Waals surface area contributed by atoms with Crippen LogP contribution in [0, 0.1) is 5.92 Å². The molecule has 0 bridgehead atoms. The Kier molecular flexibility index (Phi) is 5.24. The summed E-state index contributed by atoms with van der Waals surface area (Å²) in [5.41, 5.74) is 3.01. The largest absolute Gasteiger partial charge is 0.416 e. The molecule has 1 fully saturated rings. The normalized spacial score (nSPS) is 24.2. The fourth-order valence-corrected chi connectivity index (χ4v) is 2.96. The highest BCUT2D eigenvalue weighted by Crippen LogP contribution is 2.31. The average Bonchev–Trinajstić information content (AvgIpc) is 2.92. The molecule has 1 aromatic rings. The monoisotopic (exact) mass is 302 g/mol. The highest BCUT2D eigenvalue weighted by atomic mass is 19.4. The average molecular weight is 302 g/mol. The summed E-state index contributed by atoms with van der Waals surface area (Å²) in [6.45, 7) is 2.78. The van der Waals surface area contributed by atoms with Crippen LogP contribution in [-0.2, 0) is 17.3 Å². The lowest BCUT2D eigenvalue weighted by Crippen LogP contribution is -2.45. The number of nitrogens with two attached hydrogens (primary N) is 1. The number of rotatable bonds is 5. The first-order valence-corrected chi connectivity index (χ1v) is 7.19. The maximum Gasteiger partial charge on any atom is 0.416 e. The summed E-state index contributed by atoms with van der Waals surface area (Å²) in [6, 6.07) is 5.28. The maximum absolute atomic E-state index is 12.5. The highest BCUT2D eigenvalue weighted by Gasteiger charge is 2.33. The molecule has 0 radical (unpaired) electrons. The standard InChI is InChI=1S/C15H21F3N2O/c1-2-14-12(7-8-21-14)13(20-19)9-10-3-5-11(6-4-10)15(16,17)18/h3-6,12-14,20H,2,7-9,19H2,1H3. The van der Waals surface area contributed by atoms with Crippen LogP contribution in [0.2, 0.25) is 0 Å². The number of halogens is 3. The van der Waals surface area contributed by atoms with Gasteiger partial charge in [-0.15, -0.1) is 0 Å². The van der Waals surface area contributed by atoms with Crippen LogP contribution < -0.4 is 11.3 Å². The molecular weight excluding hydrogens is 281 g/mol. The van der Waals surface area contributed by atoms with Crippen LogP contribution in [-0.4, -0.2) is 18.8 Å². The van der Waals surface area contributed by atoms with E-state index in [1.165, 1.54) is 12.1 Å². The second-order valence-electron chi connectivity index (χ2n) is 5.44. The highest BCUT2D eigenvalue weighted by molar-refractivity contribution is 5.25. The molecule has 1 saturated heterocycles. The third-order valence-electron chi connectivity index (χ3n) is 4.13. The molecule has 21 heavy (non-hydrogen) atoms. The lowest BCUT2D eigenvalue weighted by molar-refractivity contribution is -0.137. The molecule has 0 amide bonds. The molecule has 0 aromatic heterocycles. The van der Waals surface area contributed by atoms with Gasteiger partial charge in [0.25, 0.3) is 0 Å². The van der Waals surface area contributed by atoms with E-state index in [-0.39, 0.29) is 12.1 Å². The molecule has 3 N–H and O–H groups in total. The third kappa shape index (κ3) is 3.96. The lowest BCUT2D eigenvalue weighted by atomic mass is 9.87. The van der Waals surface area contributed by atoms with Crippen molar-refractivity contribution in [3.63, 3.8) is 0 Å². The molecule has 3 nitrogen and oxygen atoms in total. The molecule has 1 aliphatic rings. The minimum Gasteiger partial charge on any atom is -0.378 e. The quantitative estimate of drug-likeness (QED) is 0.649. The Labute approximate surface area is 122 Å². The van der Waals surface area contributed by atoms with Crippen molar-refractivity contribution in [1.29, 1.82) is 0 Å². The van der Waals surface area contributed by atoms with E-state index in [9.17, 15) is 13.2 Å². The van der Waals surface area contributed by atoms with Gasteiger partial charge in [-0.25, -0.2) is 0 Å². The first kappa shape index (κ1) is 16.3. The molecule has 0 saturated carbocycles. The molecule has 1 aliphatic heterocycles. The second kappa shape index (κ2) is 6.77. The van der Waals surface area contributed by atoms with Crippen LogP contribution >= 0.6 is 0 Å². The van der Waals surface area contributed by atoms with Crippen molar-refractivity contribution in [2.24, 2.45) is 11.8 Å². The molecule has 0 aliphatic carbocycles. The van der Waals surface area contributed by atoms with Gasteiger partial charge in [-0.05, 0) is 37.0 Å². The first-order chi connectivity index (χ1) is 9.95. The van der Waals surface area contributed by atoms with Gasteiger partial charge in [0, 0.05) is 18.6 Å². The Morgan fingerprint density at radius 1 is 1.33 bits per heavy atom. The molecule has 3 unspecified atom stereocenters. The van der Waals surface area contributed by atoms with Gasteiger partial charge >= 0.3 is 6.18 Å². The Balaban J connectivity index is 2.05. The van der Waals surface area contributed by atoms with Gasteiger partial charge in [0.1, 0.15) is 0 Å². The number of benzene rings is 1. The van der Waals surface area contributed by atoms with E-state index in [1.807, 2.05) is 0 Å². The van der Waals surface area contributed by atoms with Crippen molar-refractivity contribution < 1.29 is 17.9 Å². The van der Waals surface area contributed by atoms with E-state index in [4.69, 9.17) is 10.6 Å². The van der Waals surface area contributed by atoms with Crippen molar-refractivity contribution in [2.45, 2.75) is 44.5 Å². The number of hydrogen-bond donors (Lipinski definition) is 2. The molecule has 2 rings (SSSR count). The predicted octanol–water partition coefficient (Wildman–Crippen LogP) is 2.89. The van der Waals surface area contributed by atoms with Crippen LogP contribution in [0.4, 0.5) is 13.2 Å². The van der Waals surface area contributed by atoms with E-state index in [0.29, 0.717) is 18.9 Å². The second-order valence-corrected chi connectivity index (χ2v) is 5.44. The summed E-state index contributed by atoms with van der Waals surface area (Å²) in [4.78, 5) is 0.